The minimum atomic E-state index is 0. The first-order valence-corrected chi connectivity index (χ1v) is 1.79. The average Bonchev–Trinajstić information content (AvgIpc) is 0.722. The first-order chi connectivity index (χ1) is 2.00. The second-order valence-corrected chi connectivity index (χ2v) is 2.37. The van der Waals surface area contributed by atoms with Gasteiger partial charge in [0.1, 0.15) is 0 Å². The molecule has 6 heavy (non-hydrogen) atoms. The van der Waals surface area contributed by atoms with Crippen LogP contribution in [0.5, 0.6) is 0 Å². The van der Waals surface area contributed by atoms with Gasteiger partial charge in [-0.15, -0.1) is 0 Å². The molecule has 0 spiro atoms. The summed E-state index contributed by atoms with van der Waals surface area (Å²) < 4.78 is 0. The van der Waals surface area contributed by atoms with Crippen LogP contribution in [0.2, 0.25) is 0 Å². The average molecular weight is 162 g/mol. The predicted octanol–water partition coefficient (Wildman–Crippen LogP) is 0.741. The summed E-state index contributed by atoms with van der Waals surface area (Å²) in [6.45, 7) is 5.90. The molecule has 1 radical (unpaired) electrons. The van der Waals surface area contributed by atoms with Crippen LogP contribution in [-0.2, 0) is 32.7 Å². The van der Waals surface area contributed by atoms with E-state index in [1.54, 1.807) is 0 Å². The Labute approximate surface area is 64.6 Å². The molecule has 35 valence electrons. The number of nitrogens with two attached hydrogens (primary N) is 1. The van der Waals surface area contributed by atoms with Gasteiger partial charge in [-0.2, -0.15) is 0 Å². The topological polar surface area (TPSA) is 26.0 Å². The molecule has 0 rings (SSSR count). The fraction of sp³-hybridized carbons (Fsp3) is 1.00. The predicted molar refractivity (Wildman–Crippen MR) is 23.9 cm³/mol. The summed E-state index contributed by atoms with van der Waals surface area (Å²) >= 11 is 0. The molecule has 0 unspecified atom stereocenters. The van der Waals surface area contributed by atoms with Crippen LogP contribution in [0.15, 0.2) is 0 Å². The van der Waals surface area contributed by atoms with Crippen LogP contribution in [0.1, 0.15) is 20.8 Å². The van der Waals surface area contributed by atoms with Crippen LogP contribution in [0, 0.1) is 0 Å². The number of hydrogen-bond acceptors (Lipinski definition) is 1. The van der Waals surface area contributed by atoms with Gasteiger partial charge >= 0.3 is 0 Å². The summed E-state index contributed by atoms with van der Waals surface area (Å²) in [6.07, 6.45) is 0. The normalized spacial score (nSPS) is 10.0. The molecule has 0 aliphatic carbocycles. The molecule has 0 bridgehead atoms. The zero-order chi connectivity index (χ0) is 4.50. The minimum Gasteiger partial charge on any atom is -0.326 e. The molecule has 0 saturated heterocycles. The van der Waals surface area contributed by atoms with Crippen molar-refractivity contribution in [3.63, 3.8) is 0 Å². The van der Waals surface area contributed by atoms with E-state index >= 15 is 0 Å². The van der Waals surface area contributed by atoms with Gasteiger partial charge in [-0.1, -0.05) is 0 Å². The molecular weight excluding hydrogens is 151 g/mol. The van der Waals surface area contributed by atoms with Crippen molar-refractivity contribution in [3.8, 4) is 0 Å². The standard InChI is InChI=1S/C4H11N.Y/c1-4(2,3)5;/h5H2,1-3H3;. The van der Waals surface area contributed by atoms with Crippen molar-refractivity contribution in [1.82, 2.24) is 0 Å². The van der Waals surface area contributed by atoms with E-state index in [4.69, 9.17) is 5.73 Å². The smallest absolute Gasteiger partial charge is 0.00686 e. The second-order valence-electron chi connectivity index (χ2n) is 2.37. The molecule has 0 aromatic heterocycles. The second kappa shape index (κ2) is 3.12. The molecule has 0 fully saturated rings. The Kier molecular flexibility index (Phi) is 5.26. The van der Waals surface area contributed by atoms with Gasteiger partial charge in [-0.25, -0.2) is 0 Å². The van der Waals surface area contributed by atoms with E-state index in [-0.39, 0.29) is 38.2 Å². The zero-order valence-electron chi connectivity index (χ0n) is 4.65. The van der Waals surface area contributed by atoms with Crippen molar-refractivity contribution in [2.24, 2.45) is 5.73 Å². The van der Waals surface area contributed by atoms with Crippen LogP contribution in [0.3, 0.4) is 0 Å². The van der Waals surface area contributed by atoms with Crippen LogP contribution in [0.25, 0.3) is 0 Å². The van der Waals surface area contributed by atoms with Crippen LogP contribution in [-0.4, -0.2) is 5.54 Å². The Morgan fingerprint density at radius 2 is 1.17 bits per heavy atom. The van der Waals surface area contributed by atoms with Gasteiger partial charge in [0.25, 0.3) is 0 Å². The molecule has 0 aliphatic heterocycles. The monoisotopic (exact) mass is 162 g/mol. The van der Waals surface area contributed by atoms with Gasteiger partial charge in [0.2, 0.25) is 0 Å². The van der Waals surface area contributed by atoms with Gasteiger partial charge < -0.3 is 5.73 Å². The largest absolute Gasteiger partial charge is 0.326 e. The van der Waals surface area contributed by atoms with Gasteiger partial charge in [0.05, 0.1) is 0 Å². The van der Waals surface area contributed by atoms with Crippen molar-refractivity contribution in [1.29, 1.82) is 0 Å². The fourth-order valence-corrected chi connectivity index (χ4v) is 0. The van der Waals surface area contributed by atoms with E-state index in [1.807, 2.05) is 20.8 Å². The molecule has 0 heterocycles. The maximum Gasteiger partial charge on any atom is 0.00686 e. The molecule has 2 heteroatoms. The number of hydrogen-bond donors (Lipinski definition) is 1. The molecule has 2 N–H and O–H groups in total. The molecule has 0 atom stereocenters. The van der Waals surface area contributed by atoms with Crippen LogP contribution < -0.4 is 5.73 Å². The fourth-order valence-electron chi connectivity index (χ4n) is 0. The molecule has 0 aliphatic rings. The van der Waals surface area contributed by atoms with E-state index in [0.717, 1.165) is 0 Å². The minimum absolute atomic E-state index is 0. The first-order valence-electron chi connectivity index (χ1n) is 1.79. The van der Waals surface area contributed by atoms with E-state index in [9.17, 15) is 0 Å². The molecule has 0 amide bonds. The summed E-state index contributed by atoms with van der Waals surface area (Å²) in [4.78, 5) is 0. The quantitative estimate of drug-likeness (QED) is 0.558. The van der Waals surface area contributed by atoms with Gasteiger partial charge in [0, 0.05) is 38.2 Å². The van der Waals surface area contributed by atoms with E-state index in [0.29, 0.717) is 0 Å². The Morgan fingerprint density at radius 1 is 1.17 bits per heavy atom. The van der Waals surface area contributed by atoms with Crippen molar-refractivity contribution < 1.29 is 32.7 Å². The summed E-state index contributed by atoms with van der Waals surface area (Å²) in [7, 11) is 0. The van der Waals surface area contributed by atoms with Gasteiger partial charge in [-0.3, -0.25) is 0 Å². The Balaban J connectivity index is 0. The third-order valence-electron chi connectivity index (χ3n) is 0. The van der Waals surface area contributed by atoms with Crippen molar-refractivity contribution >= 4 is 0 Å². The van der Waals surface area contributed by atoms with Gasteiger partial charge in [0.15, 0.2) is 0 Å². The summed E-state index contributed by atoms with van der Waals surface area (Å²) in [6, 6.07) is 0. The molecule has 1 nitrogen and oxygen atoms in total. The van der Waals surface area contributed by atoms with Crippen molar-refractivity contribution in [2.45, 2.75) is 26.3 Å². The summed E-state index contributed by atoms with van der Waals surface area (Å²) in [5.74, 6) is 0. The Bertz CT molecular complexity index is 23.0. The third kappa shape index (κ3) is 73.9. The Hall–Kier alpha value is 1.06. The third-order valence-corrected chi connectivity index (χ3v) is 0. The SMILES string of the molecule is CC(C)(C)N.[Y]. The molecule has 0 aromatic carbocycles. The maximum absolute atomic E-state index is 5.35. The number of rotatable bonds is 0. The summed E-state index contributed by atoms with van der Waals surface area (Å²) in [5.41, 5.74) is 5.35. The van der Waals surface area contributed by atoms with Crippen LogP contribution in [0.4, 0.5) is 0 Å². The van der Waals surface area contributed by atoms with Crippen molar-refractivity contribution in [3.05, 3.63) is 0 Å². The van der Waals surface area contributed by atoms with Crippen LogP contribution >= 0.6 is 0 Å². The van der Waals surface area contributed by atoms with Crippen molar-refractivity contribution in [2.75, 3.05) is 0 Å². The zero-order valence-corrected chi connectivity index (χ0v) is 7.49. The maximum atomic E-state index is 5.35. The Morgan fingerprint density at radius 3 is 1.17 bits per heavy atom. The molecule has 0 aromatic rings. The van der Waals surface area contributed by atoms with Gasteiger partial charge in [-0.05, 0) is 20.8 Å². The van der Waals surface area contributed by atoms with E-state index in [1.165, 1.54) is 0 Å². The van der Waals surface area contributed by atoms with E-state index < -0.39 is 0 Å². The summed E-state index contributed by atoms with van der Waals surface area (Å²) in [5, 5.41) is 0. The molecular formula is C4H11NY. The molecule has 0 saturated carbocycles. The first kappa shape index (κ1) is 10.1. The van der Waals surface area contributed by atoms with E-state index in [2.05, 4.69) is 0 Å².